The summed E-state index contributed by atoms with van der Waals surface area (Å²) >= 11 is 0. The van der Waals surface area contributed by atoms with Gasteiger partial charge < -0.3 is 5.73 Å². The van der Waals surface area contributed by atoms with Crippen LogP contribution in [-0.4, -0.2) is 6.54 Å². The van der Waals surface area contributed by atoms with Gasteiger partial charge in [-0.3, -0.25) is 0 Å². The van der Waals surface area contributed by atoms with E-state index in [1.54, 1.807) is 0 Å². The second-order valence-electron chi connectivity index (χ2n) is 5.10. The van der Waals surface area contributed by atoms with Gasteiger partial charge in [0.05, 0.1) is 6.33 Å². The summed E-state index contributed by atoms with van der Waals surface area (Å²) in [5.41, 5.74) is 8.59. The minimum absolute atomic E-state index is 0.158. The molecule has 0 aliphatic rings. The molecule has 16 heavy (non-hydrogen) atoms. The molecule has 0 fully saturated rings. The number of hydrogen-bond donors (Lipinski definition) is 1. The van der Waals surface area contributed by atoms with Gasteiger partial charge in [-0.05, 0) is 28.5 Å². The summed E-state index contributed by atoms with van der Waals surface area (Å²) in [6, 6.07) is 8.28. The Hall–Kier alpha value is -1.15. The third-order valence-electron chi connectivity index (χ3n) is 2.67. The van der Waals surface area contributed by atoms with Crippen molar-refractivity contribution in [2.75, 3.05) is 6.54 Å². The van der Waals surface area contributed by atoms with E-state index < -0.39 is 0 Å². The van der Waals surface area contributed by atoms with Crippen LogP contribution >= 0.6 is 0 Å². The van der Waals surface area contributed by atoms with Crippen molar-refractivity contribution in [3.8, 4) is 0 Å². The molecular weight excluding hydrogens is 201 g/mol. The standard InChI is InChI=1S/C14H20FN/c1-14(2,3)13-6-4-11(5-7-13)8-12(9-15)10-16/h4-7,9H,8,10,16H2,1-3H3/b12-9+. The van der Waals surface area contributed by atoms with Crippen molar-refractivity contribution in [2.45, 2.75) is 32.6 Å². The lowest BCUT2D eigenvalue weighted by Gasteiger charge is -2.19. The maximum Gasteiger partial charge on any atom is 0.0875 e. The Labute approximate surface area is 97.2 Å². The predicted octanol–water partition coefficient (Wildman–Crippen LogP) is 3.34. The van der Waals surface area contributed by atoms with Crippen LogP contribution in [0, 0.1) is 0 Å². The summed E-state index contributed by atoms with van der Waals surface area (Å²) < 4.78 is 12.4. The van der Waals surface area contributed by atoms with Crippen LogP contribution < -0.4 is 5.73 Å². The zero-order valence-corrected chi connectivity index (χ0v) is 10.3. The Morgan fingerprint density at radius 3 is 2.19 bits per heavy atom. The minimum Gasteiger partial charge on any atom is -0.327 e. The highest BCUT2D eigenvalue weighted by molar-refractivity contribution is 5.29. The van der Waals surface area contributed by atoms with Crippen molar-refractivity contribution in [3.63, 3.8) is 0 Å². The van der Waals surface area contributed by atoms with Crippen LogP contribution in [0.25, 0.3) is 0 Å². The molecule has 0 aliphatic carbocycles. The van der Waals surface area contributed by atoms with E-state index in [0.29, 0.717) is 18.3 Å². The second-order valence-corrected chi connectivity index (χ2v) is 5.10. The predicted molar refractivity (Wildman–Crippen MR) is 67.1 cm³/mol. The van der Waals surface area contributed by atoms with E-state index in [0.717, 1.165) is 5.56 Å². The Morgan fingerprint density at radius 2 is 1.81 bits per heavy atom. The quantitative estimate of drug-likeness (QED) is 0.832. The molecule has 0 atom stereocenters. The van der Waals surface area contributed by atoms with E-state index in [1.165, 1.54) is 5.56 Å². The van der Waals surface area contributed by atoms with E-state index in [-0.39, 0.29) is 12.0 Å². The molecule has 2 N–H and O–H groups in total. The Bertz CT molecular complexity index is 357. The summed E-state index contributed by atoms with van der Waals surface area (Å²) in [5, 5.41) is 0. The third-order valence-corrected chi connectivity index (χ3v) is 2.67. The molecule has 1 rings (SSSR count). The second kappa shape index (κ2) is 5.26. The van der Waals surface area contributed by atoms with Crippen LogP contribution in [-0.2, 0) is 11.8 Å². The summed E-state index contributed by atoms with van der Waals surface area (Å²) in [4.78, 5) is 0. The number of rotatable bonds is 3. The molecule has 88 valence electrons. The first-order chi connectivity index (χ1) is 7.47. The fourth-order valence-electron chi connectivity index (χ4n) is 1.54. The average Bonchev–Trinajstić information content (AvgIpc) is 2.25. The van der Waals surface area contributed by atoms with Crippen molar-refractivity contribution < 1.29 is 4.39 Å². The van der Waals surface area contributed by atoms with Crippen molar-refractivity contribution in [1.82, 2.24) is 0 Å². The first kappa shape index (κ1) is 12.9. The Kier molecular flexibility index (Phi) is 4.25. The monoisotopic (exact) mass is 221 g/mol. The molecule has 0 aliphatic heterocycles. The molecule has 0 unspecified atom stereocenters. The molecule has 0 radical (unpaired) electrons. The van der Waals surface area contributed by atoms with Gasteiger partial charge in [-0.1, -0.05) is 45.0 Å². The van der Waals surface area contributed by atoms with Crippen LogP contribution in [0.3, 0.4) is 0 Å². The third kappa shape index (κ3) is 3.46. The van der Waals surface area contributed by atoms with Gasteiger partial charge in [0.2, 0.25) is 0 Å². The minimum atomic E-state index is 0.158. The van der Waals surface area contributed by atoms with Crippen molar-refractivity contribution in [1.29, 1.82) is 0 Å². The van der Waals surface area contributed by atoms with Crippen molar-refractivity contribution in [3.05, 3.63) is 47.3 Å². The zero-order chi connectivity index (χ0) is 12.2. The highest BCUT2D eigenvalue weighted by Gasteiger charge is 2.12. The van der Waals surface area contributed by atoms with Gasteiger partial charge >= 0.3 is 0 Å². The van der Waals surface area contributed by atoms with E-state index in [1.807, 2.05) is 12.1 Å². The molecule has 0 bridgehead atoms. The highest BCUT2D eigenvalue weighted by Crippen LogP contribution is 2.22. The molecule has 0 heterocycles. The summed E-state index contributed by atoms with van der Waals surface area (Å²) in [5.74, 6) is 0. The van der Waals surface area contributed by atoms with Gasteiger partial charge in [0, 0.05) is 6.54 Å². The fraction of sp³-hybridized carbons (Fsp3) is 0.429. The van der Waals surface area contributed by atoms with Crippen LogP contribution in [0.15, 0.2) is 36.2 Å². The Balaban J connectivity index is 2.80. The van der Waals surface area contributed by atoms with Gasteiger partial charge in [-0.15, -0.1) is 0 Å². The number of nitrogens with two attached hydrogens (primary N) is 1. The lowest BCUT2D eigenvalue weighted by molar-refractivity contribution is 0.590. The normalized spacial score (nSPS) is 12.9. The number of benzene rings is 1. The molecule has 1 aromatic carbocycles. The fourth-order valence-corrected chi connectivity index (χ4v) is 1.54. The van der Waals surface area contributed by atoms with Gasteiger partial charge in [-0.2, -0.15) is 0 Å². The van der Waals surface area contributed by atoms with Crippen molar-refractivity contribution in [2.24, 2.45) is 5.73 Å². The maximum absolute atomic E-state index is 12.4. The van der Waals surface area contributed by atoms with Gasteiger partial charge in [0.15, 0.2) is 0 Å². The summed E-state index contributed by atoms with van der Waals surface area (Å²) in [7, 11) is 0. The molecule has 2 heteroatoms. The molecule has 0 amide bonds. The maximum atomic E-state index is 12.4. The van der Waals surface area contributed by atoms with Crippen LogP contribution in [0.2, 0.25) is 0 Å². The van der Waals surface area contributed by atoms with E-state index in [4.69, 9.17) is 5.73 Å². The van der Waals surface area contributed by atoms with Crippen LogP contribution in [0.4, 0.5) is 4.39 Å². The molecule has 1 nitrogen and oxygen atoms in total. The van der Waals surface area contributed by atoms with Crippen molar-refractivity contribution >= 4 is 0 Å². The summed E-state index contributed by atoms with van der Waals surface area (Å²) in [6.45, 7) is 6.80. The average molecular weight is 221 g/mol. The smallest absolute Gasteiger partial charge is 0.0875 e. The lowest BCUT2D eigenvalue weighted by atomic mass is 9.86. The summed E-state index contributed by atoms with van der Waals surface area (Å²) in [6.07, 6.45) is 1.20. The molecular formula is C14H20FN. The zero-order valence-electron chi connectivity index (χ0n) is 10.3. The molecule has 1 aromatic rings. The van der Waals surface area contributed by atoms with E-state index >= 15 is 0 Å². The van der Waals surface area contributed by atoms with Crippen LogP contribution in [0.1, 0.15) is 31.9 Å². The van der Waals surface area contributed by atoms with E-state index in [9.17, 15) is 4.39 Å². The molecule has 0 aromatic heterocycles. The number of hydrogen-bond acceptors (Lipinski definition) is 1. The molecule has 0 spiro atoms. The van der Waals surface area contributed by atoms with Crippen LogP contribution in [0.5, 0.6) is 0 Å². The SMILES string of the molecule is CC(C)(C)c1ccc(C/C(=C\F)CN)cc1. The topological polar surface area (TPSA) is 26.0 Å². The first-order valence-corrected chi connectivity index (χ1v) is 5.55. The highest BCUT2D eigenvalue weighted by atomic mass is 19.1. The van der Waals surface area contributed by atoms with E-state index in [2.05, 4.69) is 32.9 Å². The number of halogens is 1. The molecule has 0 saturated carbocycles. The largest absolute Gasteiger partial charge is 0.327 e. The van der Waals surface area contributed by atoms with Gasteiger partial charge in [0.1, 0.15) is 0 Å². The van der Waals surface area contributed by atoms with Gasteiger partial charge in [-0.25, -0.2) is 4.39 Å². The first-order valence-electron chi connectivity index (χ1n) is 5.55. The Morgan fingerprint density at radius 1 is 1.25 bits per heavy atom. The lowest BCUT2D eigenvalue weighted by Crippen LogP contribution is -2.11. The van der Waals surface area contributed by atoms with Gasteiger partial charge in [0.25, 0.3) is 0 Å². The molecule has 0 saturated heterocycles.